The van der Waals surface area contributed by atoms with Crippen LogP contribution >= 0.6 is 7.81 Å². The fourth-order valence-corrected chi connectivity index (χ4v) is 9.45. The zero-order valence-corrected chi connectivity index (χ0v) is 55.7. The first-order valence-electron chi connectivity index (χ1n) is 29.9. The Morgan fingerprint density at radius 3 is 0.871 bits per heavy atom. The van der Waals surface area contributed by atoms with Gasteiger partial charge in [-0.1, -0.05) is 232 Å². The maximum absolute atomic E-state index is 11.8. The van der Waals surface area contributed by atoms with Crippen molar-refractivity contribution >= 4 is 43.8 Å². The first-order chi connectivity index (χ1) is 43.8. The number of phenolic OH excluding ortho intramolecular Hbond substituents is 1. The molecule has 2 saturated carbocycles. The number of para-hydroxylation sites is 4. The molecule has 2 aliphatic rings. The fraction of sp³-hybridized carbons (Fsp3) is 0.216. The summed E-state index contributed by atoms with van der Waals surface area (Å²) in [6.07, 6.45) is 18.9. The van der Waals surface area contributed by atoms with Gasteiger partial charge in [-0.3, -0.25) is 20.0 Å². The maximum atomic E-state index is 11.8. The second-order valence-electron chi connectivity index (χ2n) is 20.8. The molecule has 4 radical (unpaired) electrons. The van der Waals surface area contributed by atoms with Crippen LogP contribution in [0.15, 0.2) is 251 Å². The number of hydrogen-bond acceptors (Lipinski definition) is 10. The van der Waals surface area contributed by atoms with Gasteiger partial charge in [-0.05, 0) is 114 Å². The quantitative estimate of drug-likeness (QED) is 0.0296. The van der Waals surface area contributed by atoms with Gasteiger partial charge in [-0.25, -0.2) is 0 Å². The minimum absolute atomic E-state index is 0. The Hall–Kier alpha value is -7.70. The van der Waals surface area contributed by atoms with E-state index < -0.39 is 7.81 Å². The van der Waals surface area contributed by atoms with E-state index >= 15 is 0 Å². The Morgan fingerprint density at radius 1 is 0.398 bits per heavy atom. The number of ether oxygens (including phenoxy) is 2. The molecular formula is C74H73F6N4O6PRu2. The van der Waals surface area contributed by atoms with Gasteiger partial charge in [0.15, 0.2) is 13.2 Å². The molecule has 0 aliphatic heterocycles. The summed E-state index contributed by atoms with van der Waals surface area (Å²) in [5.74, 6) is 0.193. The summed E-state index contributed by atoms with van der Waals surface area (Å²) in [6, 6.07) is 69.2. The Morgan fingerprint density at radius 2 is 0.624 bits per heavy atom. The van der Waals surface area contributed by atoms with Gasteiger partial charge in [0.05, 0.1) is 24.2 Å². The molecule has 8 aromatic carbocycles. The maximum Gasteiger partial charge on any atom is 2.00 e. The molecule has 0 heterocycles. The predicted octanol–water partition coefficient (Wildman–Crippen LogP) is 17.8. The van der Waals surface area contributed by atoms with E-state index in [1.807, 2.05) is 129 Å². The summed E-state index contributed by atoms with van der Waals surface area (Å²) in [7, 11) is -10.7. The summed E-state index contributed by atoms with van der Waals surface area (Å²) < 4.78 is 69.6. The van der Waals surface area contributed by atoms with Gasteiger partial charge in [0.25, 0.3) is 0 Å². The molecule has 0 bridgehead atoms. The molecule has 0 aromatic heterocycles. The normalized spacial score (nSPS) is 16.7. The molecule has 4 atom stereocenters. The van der Waals surface area contributed by atoms with Crippen LogP contribution in [0.5, 0.6) is 23.0 Å². The second-order valence-corrected chi connectivity index (χ2v) is 22.7. The molecule has 2 aliphatic carbocycles. The van der Waals surface area contributed by atoms with E-state index in [9.17, 15) is 45.6 Å². The third-order valence-electron chi connectivity index (χ3n) is 13.9. The number of aromatic hydroxyl groups is 1. The van der Waals surface area contributed by atoms with E-state index in [0.717, 1.165) is 90.3 Å². The molecule has 0 amide bonds. The van der Waals surface area contributed by atoms with Crippen LogP contribution in [0.2, 0.25) is 0 Å². The topological polar surface area (TPSA) is 157 Å². The molecule has 8 aromatic rings. The van der Waals surface area contributed by atoms with Gasteiger partial charge >= 0.3 is 71.9 Å². The minimum atomic E-state index is -10.7. The van der Waals surface area contributed by atoms with Crippen LogP contribution in [0, 0.1) is 13.2 Å². The van der Waals surface area contributed by atoms with Crippen molar-refractivity contribution in [3.8, 4) is 23.0 Å². The number of aliphatic imine (C=N–C) groups is 4. The van der Waals surface area contributed by atoms with E-state index in [-0.39, 0.29) is 86.1 Å². The summed E-state index contributed by atoms with van der Waals surface area (Å²) in [5, 5.41) is 45.1. The first kappa shape index (κ1) is 77.7. The molecular weight excluding hydrogens is 1390 g/mol. The molecule has 19 heteroatoms. The largest absolute Gasteiger partial charge is 2.00 e. The summed E-state index contributed by atoms with van der Waals surface area (Å²) in [6.45, 7) is 10.9. The zero-order chi connectivity index (χ0) is 65.2. The number of hydrogen-bond donors (Lipinski definition) is 1. The Labute approximate surface area is 568 Å². The van der Waals surface area contributed by atoms with E-state index in [4.69, 9.17) is 9.47 Å². The first-order valence-corrected chi connectivity index (χ1v) is 31.9. The summed E-state index contributed by atoms with van der Waals surface area (Å²) in [5.41, 5.74) is 9.43. The Kier molecular flexibility index (Phi) is 33.2. The third kappa shape index (κ3) is 30.7. The SMILES string of the molecule is CCO[C]C=C(c1ccccc1)c1ccccc1.CCO[C]C=C(c1ccccc1)c1ccccc1.F[P-](F)(F)(F)(F)F.[O-]c1ccccc1C=N[C@@H]1CCCC[C@H]1N=Cc1ccccc1O.[O-]c1ccccc1C=N[C@@H]1CCCC[C@H]1N=Cc1ccccc1[O-].[Ru+2].[Ru+2]. The Balaban J connectivity index is 0.000000255. The number of rotatable bonds is 18. The molecule has 93 heavy (non-hydrogen) atoms. The monoisotopic (exact) mass is 1460 g/mol. The smallest absolute Gasteiger partial charge is 0.872 e. The van der Waals surface area contributed by atoms with Crippen molar-refractivity contribution in [1.29, 1.82) is 0 Å². The molecule has 10 nitrogen and oxygen atoms in total. The van der Waals surface area contributed by atoms with Crippen LogP contribution in [0.3, 0.4) is 0 Å². The van der Waals surface area contributed by atoms with Crippen LogP contribution in [-0.4, -0.2) is 67.3 Å². The third-order valence-corrected chi connectivity index (χ3v) is 13.9. The van der Waals surface area contributed by atoms with Gasteiger partial charge in [0, 0.05) is 43.6 Å². The van der Waals surface area contributed by atoms with E-state index in [1.165, 1.54) is 0 Å². The van der Waals surface area contributed by atoms with Gasteiger partial charge < -0.3 is 29.9 Å². The van der Waals surface area contributed by atoms with E-state index in [2.05, 4.69) is 81.7 Å². The van der Waals surface area contributed by atoms with Crippen molar-refractivity contribution in [3.63, 3.8) is 0 Å². The number of phenols is 1. The van der Waals surface area contributed by atoms with Crippen molar-refractivity contribution in [2.24, 2.45) is 20.0 Å². The van der Waals surface area contributed by atoms with Crippen molar-refractivity contribution < 1.29 is 94.0 Å². The summed E-state index contributed by atoms with van der Waals surface area (Å²) in [4.78, 5) is 18.5. The molecule has 1 N–H and O–H groups in total. The number of nitrogens with zero attached hydrogens (tertiary/aromatic N) is 4. The average molecular weight is 1460 g/mol. The predicted molar refractivity (Wildman–Crippen MR) is 351 cm³/mol. The van der Waals surface area contributed by atoms with Gasteiger partial charge in [0.1, 0.15) is 5.75 Å². The van der Waals surface area contributed by atoms with Gasteiger partial charge in [-0.2, -0.15) is 0 Å². The van der Waals surface area contributed by atoms with E-state index in [0.29, 0.717) is 29.9 Å². The Bertz CT molecular complexity index is 3180. The van der Waals surface area contributed by atoms with Gasteiger partial charge in [-0.15, -0.1) is 17.2 Å². The summed E-state index contributed by atoms with van der Waals surface area (Å²) >= 11 is 0. The van der Waals surface area contributed by atoms with Crippen molar-refractivity contribution in [2.45, 2.75) is 89.4 Å². The molecule has 0 spiro atoms. The number of benzene rings is 8. The van der Waals surface area contributed by atoms with Crippen molar-refractivity contribution in [3.05, 3.63) is 288 Å². The van der Waals surface area contributed by atoms with Crippen LogP contribution in [0.25, 0.3) is 11.1 Å². The standard InChI is InChI=1S/2C20H22N2O2.2C17H16O.F6P.2Ru/c2*23-19-11-5-1-7-15(19)13-21-17-9-3-4-10-18(17)22-14-16-8-2-6-12-20(16)24;2*1-2-18-14-13-17(15-9-5-3-6-10-15)16-11-7-4-8-12-16;1-7(2,3,4,5)6;;/h2*1-2,5-8,11-14,17-18,23-24H,3-4,9-10H2;2*3-13H,2H2,1H3;;;/q;;;;-1;2*+2/p-3/t2*17-,18-;;;;;/m11...../s1. The molecule has 488 valence electrons. The zero-order valence-electron chi connectivity index (χ0n) is 51.3. The minimum Gasteiger partial charge on any atom is -0.872 e. The van der Waals surface area contributed by atoms with Crippen LogP contribution in [0.4, 0.5) is 25.2 Å². The van der Waals surface area contributed by atoms with Crippen LogP contribution < -0.4 is 15.3 Å². The fourth-order valence-electron chi connectivity index (χ4n) is 9.45. The van der Waals surface area contributed by atoms with E-state index in [1.54, 1.807) is 91.6 Å². The van der Waals surface area contributed by atoms with Crippen LogP contribution in [0.1, 0.15) is 110 Å². The number of halogens is 6. The van der Waals surface area contributed by atoms with Gasteiger partial charge in [0.2, 0.25) is 0 Å². The molecule has 10 rings (SSSR count). The second kappa shape index (κ2) is 39.8. The van der Waals surface area contributed by atoms with Crippen LogP contribution in [-0.2, 0) is 48.4 Å². The van der Waals surface area contributed by atoms with Crippen molar-refractivity contribution in [2.75, 3.05) is 13.2 Å². The average Bonchev–Trinajstić information content (AvgIpc) is 0.856. The molecule has 0 unspecified atom stereocenters. The molecule has 0 saturated heterocycles. The van der Waals surface area contributed by atoms with Crippen molar-refractivity contribution in [1.82, 2.24) is 0 Å². The molecule has 2 fully saturated rings.